The molecule has 0 radical (unpaired) electrons. The van der Waals surface area contributed by atoms with Crippen LogP contribution in [0.2, 0.25) is 5.02 Å². The van der Waals surface area contributed by atoms with Gasteiger partial charge in [0.05, 0.1) is 30.5 Å². The fraction of sp³-hybridized carbons (Fsp3) is 0.0909. The van der Waals surface area contributed by atoms with Crippen LogP contribution in [0.25, 0.3) is 5.57 Å². The van der Waals surface area contributed by atoms with Gasteiger partial charge in [0.2, 0.25) is 0 Å². The highest BCUT2D eigenvalue weighted by atomic mass is 35.5. The molecule has 2 heterocycles. The topological polar surface area (TPSA) is 67.9 Å². The Morgan fingerprint density at radius 1 is 1.00 bits per heavy atom. The number of imide groups is 1. The molecular weight excluding hydrogens is 443 g/mol. The van der Waals surface area contributed by atoms with Crippen molar-refractivity contribution in [1.29, 1.82) is 0 Å². The van der Waals surface area contributed by atoms with Crippen LogP contribution in [-0.2, 0) is 9.59 Å². The van der Waals surface area contributed by atoms with Crippen LogP contribution < -0.4 is 19.7 Å². The SMILES string of the molecule is COc1cc(NC2=C(c3cccs3)C(=O)N(c3ccc(F)c(Cl)c3)C2=O)cc(OC)c1. The van der Waals surface area contributed by atoms with Gasteiger partial charge in [-0.05, 0) is 29.6 Å². The summed E-state index contributed by atoms with van der Waals surface area (Å²) in [5.41, 5.74) is 0.973. The Kier molecular flexibility index (Phi) is 5.67. The molecule has 2 aromatic carbocycles. The summed E-state index contributed by atoms with van der Waals surface area (Å²) < 4.78 is 24.2. The molecule has 0 saturated heterocycles. The molecule has 0 aliphatic carbocycles. The Labute approximate surface area is 186 Å². The second-order valence-corrected chi connectivity index (χ2v) is 7.85. The predicted molar refractivity (Wildman–Crippen MR) is 118 cm³/mol. The standard InChI is InChI=1S/C22H16ClFN2O4S/c1-29-14-8-12(9-15(11-14)30-2)25-20-19(18-4-3-7-31-18)21(27)26(22(20)28)13-5-6-17(24)16(23)10-13/h3-11,25H,1-2H3. The minimum absolute atomic E-state index is 0.0863. The van der Waals surface area contributed by atoms with Crippen molar-refractivity contribution in [3.8, 4) is 11.5 Å². The maximum absolute atomic E-state index is 13.6. The Morgan fingerprint density at radius 3 is 2.29 bits per heavy atom. The first-order chi connectivity index (χ1) is 14.9. The number of methoxy groups -OCH3 is 2. The number of benzene rings is 2. The highest BCUT2D eigenvalue weighted by molar-refractivity contribution is 7.11. The fourth-order valence-corrected chi connectivity index (χ4v) is 4.12. The van der Waals surface area contributed by atoms with Crippen LogP contribution in [0, 0.1) is 5.82 Å². The second-order valence-electron chi connectivity index (χ2n) is 6.50. The molecule has 0 atom stereocenters. The molecule has 1 aromatic heterocycles. The molecule has 0 fully saturated rings. The van der Waals surface area contributed by atoms with Crippen molar-refractivity contribution < 1.29 is 23.5 Å². The Bertz CT molecular complexity index is 1190. The minimum atomic E-state index is -0.641. The molecule has 1 N–H and O–H groups in total. The lowest BCUT2D eigenvalue weighted by molar-refractivity contribution is -0.120. The van der Waals surface area contributed by atoms with Gasteiger partial charge in [0.15, 0.2) is 0 Å². The van der Waals surface area contributed by atoms with E-state index in [1.54, 1.807) is 30.3 Å². The lowest BCUT2D eigenvalue weighted by Crippen LogP contribution is -2.32. The van der Waals surface area contributed by atoms with E-state index in [1.807, 2.05) is 5.38 Å². The van der Waals surface area contributed by atoms with Gasteiger partial charge in [-0.25, -0.2) is 9.29 Å². The highest BCUT2D eigenvalue weighted by Gasteiger charge is 2.41. The van der Waals surface area contributed by atoms with Crippen molar-refractivity contribution in [3.63, 3.8) is 0 Å². The quantitative estimate of drug-likeness (QED) is 0.529. The summed E-state index contributed by atoms with van der Waals surface area (Å²) in [7, 11) is 3.03. The Morgan fingerprint density at radius 2 is 1.71 bits per heavy atom. The molecule has 2 amide bonds. The summed E-state index contributed by atoms with van der Waals surface area (Å²) >= 11 is 7.20. The van der Waals surface area contributed by atoms with Gasteiger partial charge >= 0.3 is 0 Å². The van der Waals surface area contributed by atoms with Gasteiger partial charge in [0.1, 0.15) is 23.0 Å². The van der Waals surface area contributed by atoms with Gasteiger partial charge in [-0.3, -0.25) is 9.59 Å². The number of halogens is 2. The zero-order chi connectivity index (χ0) is 22.1. The van der Waals surface area contributed by atoms with Crippen LogP contribution >= 0.6 is 22.9 Å². The molecule has 6 nitrogen and oxygen atoms in total. The third-order valence-corrected chi connectivity index (χ3v) is 5.81. The van der Waals surface area contributed by atoms with Crippen LogP contribution in [0.15, 0.2) is 59.6 Å². The van der Waals surface area contributed by atoms with Gasteiger partial charge in [0.25, 0.3) is 11.8 Å². The predicted octanol–water partition coefficient (Wildman–Crippen LogP) is 4.95. The number of amides is 2. The van der Waals surface area contributed by atoms with Crippen molar-refractivity contribution in [2.24, 2.45) is 0 Å². The van der Waals surface area contributed by atoms with Crippen LogP contribution in [-0.4, -0.2) is 26.0 Å². The molecule has 1 aliphatic rings. The first kappa shape index (κ1) is 20.9. The Hall–Kier alpha value is -3.36. The molecule has 158 valence electrons. The van der Waals surface area contributed by atoms with Crippen molar-refractivity contribution in [2.45, 2.75) is 0 Å². The zero-order valence-corrected chi connectivity index (χ0v) is 18.0. The lowest BCUT2D eigenvalue weighted by atomic mass is 10.1. The van der Waals surface area contributed by atoms with Gasteiger partial charge < -0.3 is 14.8 Å². The molecule has 1 aliphatic heterocycles. The molecule has 0 unspecified atom stereocenters. The van der Waals surface area contributed by atoms with E-state index in [0.29, 0.717) is 22.1 Å². The number of nitrogens with one attached hydrogen (secondary N) is 1. The maximum Gasteiger partial charge on any atom is 0.282 e. The number of carbonyl (C=O) groups excluding carboxylic acids is 2. The number of thiophene rings is 1. The maximum atomic E-state index is 13.6. The molecule has 0 saturated carbocycles. The molecule has 4 rings (SSSR count). The summed E-state index contributed by atoms with van der Waals surface area (Å²) in [5.74, 6) is -0.735. The largest absolute Gasteiger partial charge is 0.497 e. The van der Waals surface area contributed by atoms with E-state index in [9.17, 15) is 14.0 Å². The summed E-state index contributed by atoms with van der Waals surface area (Å²) in [6.07, 6.45) is 0. The Balaban J connectivity index is 1.80. The fourth-order valence-electron chi connectivity index (χ4n) is 3.18. The van der Waals surface area contributed by atoms with Gasteiger partial charge in [0, 0.05) is 28.8 Å². The first-order valence-corrected chi connectivity index (χ1v) is 10.3. The van der Waals surface area contributed by atoms with Gasteiger partial charge in [-0.15, -0.1) is 11.3 Å². The van der Waals surface area contributed by atoms with Crippen LogP contribution in [0.4, 0.5) is 15.8 Å². The molecular formula is C22H16ClFN2O4S. The van der Waals surface area contributed by atoms with Crippen LogP contribution in [0.1, 0.15) is 4.88 Å². The average Bonchev–Trinajstić information content (AvgIpc) is 3.37. The summed E-state index contributed by atoms with van der Waals surface area (Å²) in [6, 6.07) is 12.3. The smallest absolute Gasteiger partial charge is 0.282 e. The number of carbonyl (C=O) groups is 2. The molecule has 0 bridgehead atoms. The lowest BCUT2D eigenvalue weighted by Gasteiger charge is -2.16. The van der Waals surface area contributed by atoms with E-state index in [4.69, 9.17) is 21.1 Å². The minimum Gasteiger partial charge on any atom is -0.497 e. The van der Waals surface area contributed by atoms with E-state index in [2.05, 4.69) is 5.32 Å². The van der Waals surface area contributed by atoms with E-state index < -0.39 is 17.6 Å². The number of rotatable bonds is 6. The van der Waals surface area contributed by atoms with E-state index in [0.717, 1.165) is 11.0 Å². The highest BCUT2D eigenvalue weighted by Crippen LogP contribution is 2.37. The van der Waals surface area contributed by atoms with E-state index >= 15 is 0 Å². The number of hydrogen-bond acceptors (Lipinski definition) is 6. The number of nitrogens with zero attached hydrogens (tertiary/aromatic N) is 1. The monoisotopic (exact) mass is 458 g/mol. The average molecular weight is 459 g/mol. The van der Waals surface area contributed by atoms with Gasteiger partial charge in [-0.1, -0.05) is 17.7 Å². The number of ether oxygens (including phenoxy) is 2. The first-order valence-electron chi connectivity index (χ1n) is 9.05. The molecule has 31 heavy (non-hydrogen) atoms. The van der Waals surface area contributed by atoms with Crippen LogP contribution in [0.3, 0.4) is 0 Å². The molecule has 3 aromatic rings. The third kappa shape index (κ3) is 3.87. The summed E-state index contributed by atoms with van der Waals surface area (Å²) in [5, 5.41) is 4.67. The molecule has 9 heteroatoms. The molecule has 0 spiro atoms. The van der Waals surface area contributed by atoms with E-state index in [-0.39, 0.29) is 22.0 Å². The second kappa shape index (κ2) is 8.41. The number of anilines is 2. The van der Waals surface area contributed by atoms with Crippen molar-refractivity contribution >= 4 is 51.7 Å². The van der Waals surface area contributed by atoms with Crippen molar-refractivity contribution in [2.75, 3.05) is 24.4 Å². The summed E-state index contributed by atoms with van der Waals surface area (Å²) in [4.78, 5) is 28.2. The van der Waals surface area contributed by atoms with Crippen molar-refractivity contribution in [1.82, 2.24) is 0 Å². The van der Waals surface area contributed by atoms with Gasteiger partial charge in [-0.2, -0.15) is 0 Å². The van der Waals surface area contributed by atoms with E-state index in [1.165, 1.54) is 37.7 Å². The normalized spacial score (nSPS) is 13.7. The number of hydrogen-bond donors (Lipinski definition) is 1. The third-order valence-electron chi connectivity index (χ3n) is 4.63. The summed E-state index contributed by atoms with van der Waals surface area (Å²) in [6.45, 7) is 0. The van der Waals surface area contributed by atoms with Crippen molar-refractivity contribution in [3.05, 3.63) is 75.3 Å². The van der Waals surface area contributed by atoms with Crippen LogP contribution in [0.5, 0.6) is 11.5 Å². The zero-order valence-electron chi connectivity index (χ0n) is 16.4.